The molecular formula is C31H24FN3O2. The lowest BCUT2D eigenvalue weighted by Gasteiger charge is -2.47. The molecule has 6 heteroatoms. The quantitative estimate of drug-likeness (QED) is 0.372. The number of rotatable bonds is 3. The number of amides is 2. The molecule has 0 spiro atoms. The van der Waals surface area contributed by atoms with E-state index in [0.717, 1.165) is 38.5 Å². The van der Waals surface area contributed by atoms with Crippen LogP contribution in [0.4, 0.5) is 4.39 Å². The molecule has 5 aromatic rings. The fraction of sp³-hybridized carbons (Fsp3) is 0.161. The van der Waals surface area contributed by atoms with E-state index in [9.17, 15) is 14.0 Å². The number of hydrogen-bond acceptors (Lipinski definition) is 2. The molecule has 0 bridgehead atoms. The van der Waals surface area contributed by atoms with Gasteiger partial charge in [0, 0.05) is 35.1 Å². The maximum absolute atomic E-state index is 14.4. The highest BCUT2D eigenvalue weighted by Gasteiger charge is 2.48. The van der Waals surface area contributed by atoms with Crippen molar-refractivity contribution in [3.8, 4) is 0 Å². The summed E-state index contributed by atoms with van der Waals surface area (Å²) in [5.74, 6) is -0.659. The van der Waals surface area contributed by atoms with Crippen LogP contribution in [0.15, 0.2) is 91.0 Å². The number of halogens is 1. The molecule has 1 fully saturated rings. The van der Waals surface area contributed by atoms with Crippen LogP contribution in [0.2, 0.25) is 0 Å². The second-order valence-corrected chi connectivity index (χ2v) is 9.84. The van der Waals surface area contributed by atoms with Crippen LogP contribution in [0.25, 0.3) is 21.7 Å². The molecule has 2 aliphatic heterocycles. The summed E-state index contributed by atoms with van der Waals surface area (Å²) in [7, 11) is 0. The Hall–Kier alpha value is -4.45. The minimum Gasteiger partial charge on any atom is -0.356 e. The molecule has 7 rings (SSSR count). The average Bonchev–Trinajstić information content (AvgIpc) is 3.30. The SMILES string of the molecule is O=C1[C@@H]2Cc3c([nH]c4ccccc34)[C@H](c3cccc4ccccc34)N2C(=O)CN1Cc1ccccc1F. The van der Waals surface area contributed by atoms with Crippen molar-refractivity contribution < 1.29 is 14.0 Å². The molecule has 182 valence electrons. The predicted molar refractivity (Wildman–Crippen MR) is 140 cm³/mol. The molecule has 1 N–H and O–H groups in total. The fourth-order valence-electron chi connectivity index (χ4n) is 6.10. The lowest BCUT2D eigenvalue weighted by molar-refractivity contribution is -0.159. The number of fused-ring (bicyclic) bond motifs is 5. The lowest BCUT2D eigenvalue weighted by Crippen LogP contribution is -2.62. The molecule has 5 nitrogen and oxygen atoms in total. The van der Waals surface area contributed by atoms with E-state index in [1.807, 2.05) is 42.5 Å². The number of aromatic nitrogens is 1. The van der Waals surface area contributed by atoms with Crippen LogP contribution in [0.5, 0.6) is 0 Å². The van der Waals surface area contributed by atoms with Crippen molar-refractivity contribution in [1.82, 2.24) is 14.8 Å². The molecule has 2 aliphatic rings. The Kier molecular flexibility index (Phi) is 4.89. The van der Waals surface area contributed by atoms with Crippen LogP contribution in [0.1, 0.15) is 28.4 Å². The molecule has 0 saturated carbocycles. The number of para-hydroxylation sites is 1. The van der Waals surface area contributed by atoms with Crippen LogP contribution >= 0.6 is 0 Å². The van der Waals surface area contributed by atoms with Gasteiger partial charge in [-0.05, 0) is 34.0 Å². The summed E-state index contributed by atoms with van der Waals surface area (Å²) >= 11 is 0. The number of aromatic amines is 1. The maximum Gasteiger partial charge on any atom is 0.246 e. The molecule has 4 aromatic carbocycles. The Morgan fingerprint density at radius 3 is 2.43 bits per heavy atom. The normalized spacial score (nSPS) is 19.4. The van der Waals surface area contributed by atoms with E-state index in [0.29, 0.717) is 12.0 Å². The first-order valence-corrected chi connectivity index (χ1v) is 12.5. The van der Waals surface area contributed by atoms with Crippen LogP contribution in [-0.4, -0.2) is 39.2 Å². The third kappa shape index (κ3) is 3.36. The van der Waals surface area contributed by atoms with Gasteiger partial charge in [0.15, 0.2) is 0 Å². The van der Waals surface area contributed by atoms with E-state index in [1.165, 1.54) is 11.0 Å². The first-order chi connectivity index (χ1) is 18.1. The zero-order valence-corrected chi connectivity index (χ0v) is 20.0. The van der Waals surface area contributed by atoms with Crippen molar-refractivity contribution in [1.29, 1.82) is 0 Å². The van der Waals surface area contributed by atoms with Gasteiger partial charge in [0.2, 0.25) is 11.8 Å². The van der Waals surface area contributed by atoms with Gasteiger partial charge in [-0.25, -0.2) is 4.39 Å². The van der Waals surface area contributed by atoms with Gasteiger partial charge in [0.05, 0.1) is 6.04 Å². The summed E-state index contributed by atoms with van der Waals surface area (Å²) in [5, 5.41) is 3.19. The summed E-state index contributed by atoms with van der Waals surface area (Å²) in [5.41, 5.74) is 4.40. The zero-order valence-electron chi connectivity index (χ0n) is 20.0. The van der Waals surface area contributed by atoms with E-state index in [1.54, 1.807) is 23.1 Å². The standard InChI is InChI=1S/C31H24FN3O2/c32-25-14-5-2-9-20(25)17-34-18-28(36)35-27(31(34)37)16-24-22-12-4-6-15-26(22)33-29(24)30(35)23-13-7-10-19-8-1-3-11-21(19)23/h1-15,27,30,33H,16-18H2/t27-,30-/m0/s1. The molecule has 2 atom stereocenters. The molecule has 37 heavy (non-hydrogen) atoms. The number of carbonyl (C=O) groups excluding carboxylic acids is 2. The Labute approximate surface area is 213 Å². The molecule has 1 aromatic heterocycles. The number of nitrogens with zero attached hydrogens (tertiary/aromatic N) is 2. The van der Waals surface area contributed by atoms with Crippen LogP contribution in [0.3, 0.4) is 0 Å². The molecular weight excluding hydrogens is 465 g/mol. The van der Waals surface area contributed by atoms with Crippen LogP contribution in [-0.2, 0) is 22.6 Å². The number of benzene rings is 4. The third-order valence-corrected chi connectivity index (χ3v) is 7.78. The van der Waals surface area contributed by atoms with E-state index < -0.39 is 12.1 Å². The highest BCUT2D eigenvalue weighted by molar-refractivity contribution is 5.98. The highest BCUT2D eigenvalue weighted by atomic mass is 19.1. The summed E-state index contributed by atoms with van der Waals surface area (Å²) in [4.78, 5) is 34.6. The number of piperazine rings is 1. The molecule has 3 heterocycles. The predicted octanol–water partition coefficient (Wildman–Crippen LogP) is 5.35. The van der Waals surface area contributed by atoms with Crippen molar-refractivity contribution in [2.24, 2.45) is 0 Å². The van der Waals surface area contributed by atoms with E-state index in [-0.39, 0.29) is 30.7 Å². The number of hydrogen-bond donors (Lipinski definition) is 1. The van der Waals surface area contributed by atoms with E-state index in [2.05, 4.69) is 29.2 Å². The lowest BCUT2D eigenvalue weighted by atomic mass is 9.84. The summed E-state index contributed by atoms with van der Waals surface area (Å²) in [6.45, 7) is -0.0121. The van der Waals surface area contributed by atoms with Gasteiger partial charge in [0.25, 0.3) is 0 Å². The molecule has 2 amide bonds. The minimum atomic E-state index is -0.663. The molecule has 0 unspecified atom stereocenters. The van der Waals surface area contributed by atoms with E-state index >= 15 is 0 Å². The van der Waals surface area contributed by atoms with Crippen LogP contribution in [0, 0.1) is 5.82 Å². The highest BCUT2D eigenvalue weighted by Crippen LogP contribution is 2.44. The van der Waals surface area contributed by atoms with Gasteiger partial charge in [0.1, 0.15) is 18.4 Å². The number of nitrogens with one attached hydrogen (secondary N) is 1. The molecule has 1 saturated heterocycles. The van der Waals surface area contributed by atoms with Crippen molar-refractivity contribution >= 4 is 33.5 Å². The smallest absolute Gasteiger partial charge is 0.246 e. The first-order valence-electron chi connectivity index (χ1n) is 12.5. The van der Waals surface area contributed by atoms with Crippen LogP contribution < -0.4 is 0 Å². The Balaban J connectivity index is 1.39. The van der Waals surface area contributed by atoms with Gasteiger partial charge < -0.3 is 14.8 Å². The Morgan fingerprint density at radius 1 is 0.838 bits per heavy atom. The molecule has 0 aliphatic carbocycles. The second-order valence-electron chi connectivity index (χ2n) is 9.84. The number of H-pyrrole nitrogens is 1. The molecule has 0 radical (unpaired) electrons. The topological polar surface area (TPSA) is 56.4 Å². The first kappa shape index (κ1) is 21.8. The fourth-order valence-corrected chi connectivity index (χ4v) is 6.10. The monoisotopic (exact) mass is 489 g/mol. The van der Waals surface area contributed by atoms with E-state index in [4.69, 9.17) is 0 Å². The zero-order chi connectivity index (χ0) is 25.1. The minimum absolute atomic E-state index is 0.0707. The van der Waals surface area contributed by atoms with Gasteiger partial charge in [-0.1, -0.05) is 78.9 Å². The summed E-state index contributed by atoms with van der Waals surface area (Å²) in [6, 6.07) is 27.6. The third-order valence-electron chi connectivity index (χ3n) is 7.78. The van der Waals surface area contributed by atoms with Gasteiger partial charge in [-0.15, -0.1) is 0 Å². The van der Waals surface area contributed by atoms with Gasteiger partial charge in [-0.3, -0.25) is 9.59 Å². The van der Waals surface area contributed by atoms with Gasteiger partial charge in [-0.2, -0.15) is 0 Å². The Bertz CT molecular complexity index is 1700. The van der Waals surface area contributed by atoms with Crippen molar-refractivity contribution in [3.63, 3.8) is 0 Å². The van der Waals surface area contributed by atoms with Crippen molar-refractivity contribution in [2.45, 2.75) is 25.0 Å². The Morgan fingerprint density at radius 2 is 1.57 bits per heavy atom. The summed E-state index contributed by atoms with van der Waals surface area (Å²) in [6.07, 6.45) is 0.416. The largest absolute Gasteiger partial charge is 0.356 e. The second kappa shape index (κ2) is 8.30. The van der Waals surface area contributed by atoms with Crippen molar-refractivity contribution in [2.75, 3.05) is 6.54 Å². The summed E-state index contributed by atoms with van der Waals surface area (Å²) < 4.78 is 14.4. The van der Waals surface area contributed by atoms with Crippen molar-refractivity contribution in [3.05, 3.63) is 119 Å². The number of carbonyl (C=O) groups is 2. The maximum atomic E-state index is 14.4. The average molecular weight is 490 g/mol. The van der Waals surface area contributed by atoms with Gasteiger partial charge >= 0.3 is 0 Å².